The first-order valence-electron chi connectivity index (χ1n) is 13.1. The van der Waals surface area contributed by atoms with Crippen LogP contribution >= 0.6 is 0 Å². The van der Waals surface area contributed by atoms with Crippen molar-refractivity contribution in [3.63, 3.8) is 0 Å². The third-order valence-corrected chi connectivity index (χ3v) is 7.89. The topological polar surface area (TPSA) is 96.3 Å². The lowest BCUT2D eigenvalue weighted by Gasteiger charge is -2.33. The number of β-amino-alcohol motifs (C(OH)–C–C–N with tert-alkyl or cyclic N) is 1. The molecule has 3 heterocycles. The van der Waals surface area contributed by atoms with Crippen LogP contribution in [0.4, 0.5) is 5.69 Å². The highest BCUT2D eigenvalue weighted by Crippen LogP contribution is 2.43. The number of rotatable bonds is 8. The molecule has 5 rings (SSSR count). The first kappa shape index (κ1) is 26.2. The highest BCUT2D eigenvalue weighted by Gasteiger charge is 2.45. The molecule has 0 radical (unpaired) electrons. The first-order chi connectivity index (χ1) is 18.5. The number of aromatic nitrogens is 1. The van der Waals surface area contributed by atoms with Crippen molar-refractivity contribution in [3.05, 3.63) is 70.0 Å². The number of carbonyl (C=O) groups excluding carboxylic acids is 1. The Labute approximate surface area is 222 Å². The number of aliphatic hydroxyl groups is 1. The van der Waals surface area contributed by atoms with E-state index in [0.717, 1.165) is 53.8 Å². The van der Waals surface area contributed by atoms with E-state index in [-0.39, 0.29) is 24.1 Å². The quantitative estimate of drug-likeness (QED) is 0.470. The number of aliphatic hydroxyl groups excluding tert-OH is 1. The fourth-order valence-electron chi connectivity index (χ4n) is 5.91. The van der Waals surface area contributed by atoms with E-state index in [1.807, 2.05) is 60.5 Å². The lowest BCUT2D eigenvalue weighted by molar-refractivity contribution is -0.126. The molecular formula is C29H36N4O5. The molecule has 2 aromatic carbocycles. The third-order valence-electron chi connectivity index (χ3n) is 7.89. The second-order valence-electron chi connectivity index (χ2n) is 10.1. The van der Waals surface area contributed by atoms with Gasteiger partial charge < -0.3 is 34.3 Å². The van der Waals surface area contributed by atoms with Gasteiger partial charge in [0, 0.05) is 45.2 Å². The van der Waals surface area contributed by atoms with Crippen LogP contribution in [0.25, 0.3) is 10.9 Å². The summed E-state index contributed by atoms with van der Waals surface area (Å²) < 4.78 is 12.9. The maximum Gasteiger partial charge on any atom is 0.259 e. The van der Waals surface area contributed by atoms with Crippen LogP contribution < -0.4 is 20.5 Å². The summed E-state index contributed by atoms with van der Waals surface area (Å²) in [6.45, 7) is 2.85. The van der Waals surface area contributed by atoms with Crippen LogP contribution in [0.2, 0.25) is 0 Å². The van der Waals surface area contributed by atoms with Gasteiger partial charge in [0.15, 0.2) is 0 Å². The third kappa shape index (κ3) is 4.77. The Morgan fingerprint density at radius 1 is 1.08 bits per heavy atom. The van der Waals surface area contributed by atoms with E-state index in [1.54, 1.807) is 18.8 Å². The van der Waals surface area contributed by atoms with E-state index in [1.165, 1.54) is 0 Å². The zero-order chi connectivity index (χ0) is 26.8. The van der Waals surface area contributed by atoms with E-state index in [4.69, 9.17) is 9.47 Å². The molecule has 0 saturated carbocycles. The van der Waals surface area contributed by atoms with E-state index in [0.29, 0.717) is 18.7 Å². The molecule has 9 nitrogen and oxygen atoms in total. The number of carbonyl (C=O) groups is 1. The number of hydrogen-bond donors (Lipinski definition) is 2. The number of likely N-dealkylation sites (N-methyl/N-ethyl adjacent to an activating group) is 1. The summed E-state index contributed by atoms with van der Waals surface area (Å²) in [7, 11) is 5.05. The van der Waals surface area contributed by atoms with Crippen LogP contribution in [0.15, 0.2) is 53.3 Å². The van der Waals surface area contributed by atoms with Crippen molar-refractivity contribution in [2.24, 2.45) is 0 Å². The van der Waals surface area contributed by atoms with Crippen molar-refractivity contribution in [2.75, 3.05) is 52.4 Å². The van der Waals surface area contributed by atoms with Gasteiger partial charge in [0.25, 0.3) is 5.56 Å². The van der Waals surface area contributed by atoms with Gasteiger partial charge in [-0.2, -0.15) is 0 Å². The van der Waals surface area contributed by atoms with Crippen molar-refractivity contribution in [1.29, 1.82) is 0 Å². The average Bonchev–Trinajstić information content (AvgIpc) is 3.25. The zero-order valence-corrected chi connectivity index (χ0v) is 22.2. The first-order valence-corrected chi connectivity index (χ1v) is 13.1. The lowest BCUT2D eigenvalue weighted by Crippen LogP contribution is -2.52. The molecule has 9 heteroatoms. The maximum atomic E-state index is 14.0. The molecule has 1 aromatic heterocycles. The Hall–Kier alpha value is -3.40. The minimum Gasteiger partial charge on any atom is -0.497 e. The molecule has 2 N–H and O–H groups in total. The van der Waals surface area contributed by atoms with Crippen molar-refractivity contribution >= 4 is 22.5 Å². The maximum absolute atomic E-state index is 14.0. The predicted octanol–water partition coefficient (Wildman–Crippen LogP) is 2.14. The summed E-state index contributed by atoms with van der Waals surface area (Å²) in [5, 5.41) is 13.3. The fraction of sp³-hybridized carbons (Fsp3) is 0.448. The lowest BCUT2D eigenvalue weighted by atomic mass is 10.0. The molecule has 38 heavy (non-hydrogen) atoms. The van der Waals surface area contributed by atoms with Crippen LogP contribution in [0.5, 0.6) is 5.75 Å². The van der Waals surface area contributed by atoms with Gasteiger partial charge in [-0.3, -0.25) is 9.59 Å². The Bertz CT molecular complexity index is 1350. The van der Waals surface area contributed by atoms with Crippen molar-refractivity contribution in [3.8, 4) is 5.75 Å². The number of ether oxygens (including phenoxy) is 2. The highest BCUT2D eigenvalue weighted by molar-refractivity contribution is 5.99. The molecule has 1 amide bonds. The van der Waals surface area contributed by atoms with Crippen molar-refractivity contribution < 1.29 is 19.4 Å². The van der Waals surface area contributed by atoms with E-state index in [9.17, 15) is 14.7 Å². The summed E-state index contributed by atoms with van der Waals surface area (Å²) in [4.78, 5) is 31.8. The Kier molecular flexibility index (Phi) is 7.69. The van der Waals surface area contributed by atoms with Gasteiger partial charge in [-0.1, -0.05) is 30.3 Å². The number of nitrogens with one attached hydrogen (secondary N) is 1. The summed E-state index contributed by atoms with van der Waals surface area (Å²) in [5.41, 5.74) is 2.90. The summed E-state index contributed by atoms with van der Waals surface area (Å²) in [6.07, 6.45) is 0.957. The van der Waals surface area contributed by atoms with Gasteiger partial charge in [0.2, 0.25) is 5.91 Å². The Balaban J connectivity index is 1.48. The van der Waals surface area contributed by atoms with Crippen LogP contribution in [0, 0.1) is 0 Å². The number of likely N-dealkylation sites (tertiary alicyclic amines) is 1. The standard InChI is InChI=1S/C29H36N4O5/c1-31-25-22-6-4-5-7-23(22)33(18-19-8-10-21(37-2)11-9-19)29(36)24(25)27(38-3)26(31)28(35)30-20-12-14-32(15-13-20)16-17-34/h4-11,20,26-27,34H,12-18H2,1-3H3,(H,30,35). The normalized spacial score (nSPS) is 20.1. The number of piperidine rings is 1. The molecule has 202 valence electrons. The monoisotopic (exact) mass is 520 g/mol. The number of benzene rings is 2. The molecule has 2 aliphatic rings. The number of pyridine rings is 1. The van der Waals surface area contributed by atoms with Crippen LogP contribution in [-0.2, 0) is 16.1 Å². The molecule has 2 aliphatic heterocycles. The molecular weight excluding hydrogens is 484 g/mol. The van der Waals surface area contributed by atoms with Gasteiger partial charge >= 0.3 is 0 Å². The van der Waals surface area contributed by atoms with Crippen LogP contribution in [-0.4, -0.2) is 80.1 Å². The molecule has 2 atom stereocenters. The Morgan fingerprint density at radius 3 is 2.45 bits per heavy atom. The zero-order valence-electron chi connectivity index (χ0n) is 22.2. The van der Waals surface area contributed by atoms with Gasteiger partial charge in [0.05, 0.1) is 37.0 Å². The predicted molar refractivity (Wildman–Crippen MR) is 147 cm³/mol. The van der Waals surface area contributed by atoms with Crippen LogP contribution in [0.1, 0.15) is 30.1 Å². The van der Waals surface area contributed by atoms with Crippen molar-refractivity contribution in [2.45, 2.75) is 37.6 Å². The largest absolute Gasteiger partial charge is 0.497 e. The smallest absolute Gasteiger partial charge is 0.259 e. The molecule has 3 aromatic rings. The van der Waals surface area contributed by atoms with Gasteiger partial charge in [0.1, 0.15) is 17.9 Å². The van der Waals surface area contributed by atoms with E-state index >= 15 is 0 Å². The van der Waals surface area contributed by atoms with Gasteiger partial charge in [-0.25, -0.2) is 0 Å². The number of methoxy groups -OCH3 is 2. The second kappa shape index (κ2) is 11.1. The minimum atomic E-state index is -0.691. The number of nitrogens with zero attached hydrogens (tertiary/aromatic N) is 3. The Morgan fingerprint density at radius 2 is 1.79 bits per heavy atom. The second-order valence-corrected chi connectivity index (χ2v) is 10.1. The number of anilines is 1. The molecule has 1 saturated heterocycles. The SMILES string of the molecule is COc1ccc(Cn2c(=O)c3c(c4ccccc42)N(C)C(C(=O)NC2CCN(CCO)CC2)C3OC)cc1. The summed E-state index contributed by atoms with van der Waals surface area (Å²) in [6, 6.07) is 14.9. The average molecular weight is 521 g/mol. The summed E-state index contributed by atoms with van der Waals surface area (Å²) >= 11 is 0. The van der Waals surface area contributed by atoms with Crippen LogP contribution in [0.3, 0.4) is 0 Å². The summed E-state index contributed by atoms with van der Waals surface area (Å²) in [5.74, 6) is 0.621. The van der Waals surface area contributed by atoms with Gasteiger partial charge in [-0.05, 0) is 36.6 Å². The van der Waals surface area contributed by atoms with Crippen molar-refractivity contribution in [1.82, 2.24) is 14.8 Å². The fourth-order valence-corrected chi connectivity index (χ4v) is 5.91. The number of para-hydroxylation sites is 1. The molecule has 0 aliphatic carbocycles. The number of amides is 1. The van der Waals surface area contributed by atoms with Gasteiger partial charge in [-0.15, -0.1) is 0 Å². The molecule has 2 unspecified atom stereocenters. The number of fused-ring (bicyclic) bond motifs is 3. The van der Waals surface area contributed by atoms with E-state index < -0.39 is 12.1 Å². The number of hydrogen-bond acceptors (Lipinski definition) is 7. The molecule has 1 fully saturated rings. The minimum absolute atomic E-state index is 0.0514. The molecule has 0 spiro atoms. The molecule has 0 bridgehead atoms. The van der Waals surface area contributed by atoms with E-state index in [2.05, 4.69) is 10.2 Å². The highest BCUT2D eigenvalue weighted by atomic mass is 16.5.